The molecule has 0 aliphatic carbocycles. The molecule has 6 rings (SSSR count). The number of rotatable bonds is 7. The first-order chi connectivity index (χ1) is 22.6. The number of urea groups is 1. The minimum absolute atomic E-state index is 0.121. The monoisotopic (exact) mass is 674 g/mol. The summed E-state index contributed by atoms with van der Waals surface area (Å²) in [7, 11) is 4.06. The second kappa shape index (κ2) is 14.0. The molecule has 1 fully saturated rings. The predicted octanol–water partition coefficient (Wildman–Crippen LogP) is 5.88. The van der Waals surface area contributed by atoms with Crippen LogP contribution in [0.1, 0.15) is 34.3 Å². The first kappa shape index (κ1) is 32.9. The Bertz CT molecular complexity index is 1780. The van der Waals surface area contributed by atoms with Gasteiger partial charge in [0, 0.05) is 83.6 Å². The first-order valence-electron chi connectivity index (χ1n) is 16.0. The second-order valence-corrected chi connectivity index (χ2v) is 13.7. The molecule has 3 aromatic carbocycles. The number of H-pyrrole nitrogens is 1. The molecule has 0 radical (unpaired) electrons. The van der Waals surface area contributed by atoms with Crippen LogP contribution >= 0.6 is 23.2 Å². The Morgan fingerprint density at radius 2 is 1.66 bits per heavy atom. The third kappa shape index (κ3) is 7.12. The summed E-state index contributed by atoms with van der Waals surface area (Å²) in [5.41, 5.74) is 4.29. The van der Waals surface area contributed by atoms with Crippen molar-refractivity contribution in [3.05, 3.63) is 99.7 Å². The van der Waals surface area contributed by atoms with E-state index < -0.39 is 6.04 Å². The maximum absolute atomic E-state index is 14.8. The molecule has 0 saturated carbocycles. The van der Waals surface area contributed by atoms with E-state index in [4.69, 9.17) is 23.2 Å². The molecular weight excluding hydrogens is 635 g/mol. The minimum atomic E-state index is -0.852. The Morgan fingerprint density at radius 3 is 2.40 bits per heavy atom. The molecule has 2 aliphatic heterocycles. The molecule has 47 heavy (non-hydrogen) atoms. The Labute approximate surface area is 285 Å². The zero-order valence-electron chi connectivity index (χ0n) is 26.9. The fourth-order valence-corrected chi connectivity index (χ4v) is 7.31. The summed E-state index contributed by atoms with van der Waals surface area (Å²) < 4.78 is 0. The number of carbonyl (C=O) groups excluding carboxylic acids is 3. The first-order valence-corrected chi connectivity index (χ1v) is 16.8. The number of hydrogen-bond acceptors (Lipinski definition) is 4. The standard InChI is InChI=1S/C36H40Cl2N6O3/c1-23(30-20-39-31-10-5-4-9-29(30)31)33(35(46)44-22-24(21-41(2)3)17-26-19-28(38)11-12-32(26)44)40-36(47)43-15-13-42(14-16-43)34(45)25-7-6-8-27(37)18-25/h4-12,18-20,23-24,33,39H,13-17,21-22H2,1-3H3,(H,40,47)/t23-,24-,33-/m1/s1. The molecule has 0 spiro atoms. The summed E-state index contributed by atoms with van der Waals surface area (Å²) in [5, 5.41) is 5.29. The number of carbonyl (C=O) groups is 3. The number of piperazine rings is 1. The van der Waals surface area contributed by atoms with Crippen LogP contribution in [0.15, 0.2) is 72.9 Å². The fraction of sp³-hybridized carbons (Fsp3) is 0.361. The lowest BCUT2D eigenvalue weighted by atomic mass is 9.88. The molecule has 4 amide bonds. The minimum Gasteiger partial charge on any atom is -0.361 e. The van der Waals surface area contributed by atoms with Gasteiger partial charge in [0.2, 0.25) is 5.91 Å². The van der Waals surface area contributed by atoms with Crippen molar-refractivity contribution >= 4 is 57.6 Å². The van der Waals surface area contributed by atoms with E-state index >= 15 is 0 Å². The van der Waals surface area contributed by atoms with Crippen LogP contribution in [0.5, 0.6) is 0 Å². The fourth-order valence-electron chi connectivity index (χ4n) is 6.92. The van der Waals surface area contributed by atoms with Crippen molar-refractivity contribution in [3.63, 3.8) is 0 Å². The smallest absolute Gasteiger partial charge is 0.318 e. The largest absolute Gasteiger partial charge is 0.361 e. The quantitative estimate of drug-likeness (QED) is 0.256. The number of nitrogens with zero attached hydrogens (tertiary/aromatic N) is 4. The van der Waals surface area contributed by atoms with Crippen molar-refractivity contribution in [2.45, 2.75) is 25.3 Å². The van der Waals surface area contributed by atoms with Gasteiger partial charge in [-0.1, -0.05) is 54.4 Å². The molecule has 4 aromatic rings. The summed E-state index contributed by atoms with van der Waals surface area (Å²) in [5.74, 6) is -0.439. The van der Waals surface area contributed by atoms with Gasteiger partial charge in [0.05, 0.1) is 0 Å². The van der Waals surface area contributed by atoms with Crippen LogP contribution in [-0.2, 0) is 11.2 Å². The molecule has 1 saturated heterocycles. The number of amides is 4. The molecule has 1 aromatic heterocycles. The summed E-state index contributed by atoms with van der Waals surface area (Å²) in [4.78, 5) is 52.5. The number of fused-ring (bicyclic) bond motifs is 2. The summed E-state index contributed by atoms with van der Waals surface area (Å²) in [6.45, 7) is 4.77. The number of aromatic nitrogens is 1. The average Bonchev–Trinajstić information content (AvgIpc) is 3.50. The second-order valence-electron chi connectivity index (χ2n) is 12.8. The number of halogens is 2. The van der Waals surface area contributed by atoms with E-state index in [1.807, 2.05) is 74.6 Å². The van der Waals surface area contributed by atoms with E-state index in [0.717, 1.165) is 40.7 Å². The average molecular weight is 676 g/mol. The number of para-hydroxylation sites is 1. The van der Waals surface area contributed by atoms with Crippen LogP contribution < -0.4 is 10.2 Å². The highest BCUT2D eigenvalue weighted by atomic mass is 35.5. The molecule has 0 unspecified atom stereocenters. The van der Waals surface area contributed by atoms with E-state index in [1.54, 1.807) is 34.1 Å². The van der Waals surface area contributed by atoms with Gasteiger partial charge in [0.15, 0.2) is 0 Å². The Hall–Kier alpha value is -4.05. The molecule has 2 aliphatic rings. The van der Waals surface area contributed by atoms with E-state index in [1.165, 1.54) is 0 Å². The highest BCUT2D eigenvalue weighted by Gasteiger charge is 2.38. The third-order valence-electron chi connectivity index (χ3n) is 9.25. The molecule has 3 heterocycles. The van der Waals surface area contributed by atoms with Crippen molar-refractivity contribution in [1.29, 1.82) is 0 Å². The maximum Gasteiger partial charge on any atom is 0.318 e. The zero-order chi connectivity index (χ0) is 33.2. The van der Waals surface area contributed by atoms with Gasteiger partial charge in [0.25, 0.3) is 5.91 Å². The lowest BCUT2D eigenvalue weighted by Gasteiger charge is -2.40. The Morgan fingerprint density at radius 1 is 0.936 bits per heavy atom. The van der Waals surface area contributed by atoms with E-state index in [-0.39, 0.29) is 29.7 Å². The van der Waals surface area contributed by atoms with Crippen molar-refractivity contribution in [2.24, 2.45) is 5.92 Å². The van der Waals surface area contributed by atoms with Gasteiger partial charge in [-0.3, -0.25) is 9.59 Å². The summed E-state index contributed by atoms with van der Waals surface area (Å²) >= 11 is 12.5. The Kier molecular flexibility index (Phi) is 9.77. The van der Waals surface area contributed by atoms with Crippen molar-refractivity contribution in [2.75, 3.05) is 58.3 Å². The SMILES string of the molecule is C[C@H](c1c[nH]c2ccccc12)[C@@H](NC(=O)N1CCN(C(=O)c2cccc(Cl)c2)CC1)C(=O)N1C[C@@H](CN(C)C)Cc2cc(Cl)ccc21. The van der Waals surface area contributed by atoms with Crippen LogP contribution in [0.3, 0.4) is 0 Å². The van der Waals surface area contributed by atoms with Crippen LogP contribution in [-0.4, -0.2) is 96.9 Å². The molecule has 9 nitrogen and oxygen atoms in total. The van der Waals surface area contributed by atoms with Crippen molar-refractivity contribution in [1.82, 2.24) is 25.0 Å². The highest BCUT2D eigenvalue weighted by molar-refractivity contribution is 6.31. The lowest BCUT2D eigenvalue weighted by Crippen LogP contribution is -2.59. The lowest BCUT2D eigenvalue weighted by molar-refractivity contribution is -0.121. The number of aromatic amines is 1. The maximum atomic E-state index is 14.8. The van der Waals surface area contributed by atoms with Crippen LogP contribution in [0.4, 0.5) is 10.5 Å². The number of nitrogens with one attached hydrogen (secondary N) is 2. The molecule has 3 atom stereocenters. The molecular formula is C36H40Cl2N6O3. The number of benzene rings is 3. The van der Waals surface area contributed by atoms with E-state index in [9.17, 15) is 14.4 Å². The normalized spacial score (nSPS) is 17.8. The Balaban J connectivity index is 1.26. The number of hydrogen-bond donors (Lipinski definition) is 2. The van der Waals surface area contributed by atoms with Crippen LogP contribution in [0, 0.1) is 5.92 Å². The summed E-state index contributed by atoms with van der Waals surface area (Å²) in [6, 6.07) is 19.3. The highest BCUT2D eigenvalue weighted by Crippen LogP contribution is 2.35. The molecule has 11 heteroatoms. The van der Waals surface area contributed by atoms with Crippen LogP contribution in [0.25, 0.3) is 10.9 Å². The third-order valence-corrected chi connectivity index (χ3v) is 9.72. The van der Waals surface area contributed by atoms with Crippen molar-refractivity contribution in [3.8, 4) is 0 Å². The summed E-state index contributed by atoms with van der Waals surface area (Å²) in [6.07, 6.45) is 2.74. The predicted molar refractivity (Wildman–Crippen MR) is 188 cm³/mol. The molecule has 246 valence electrons. The van der Waals surface area contributed by atoms with Gasteiger partial charge >= 0.3 is 6.03 Å². The van der Waals surface area contributed by atoms with Gasteiger partial charge < -0.3 is 29.9 Å². The van der Waals surface area contributed by atoms with Gasteiger partial charge in [-0.2, -0.15) is 0 Å². The molecule has 2 N–H and O–H groups in total. The van der Waals surface area contributed by atoms with Crippen molar-refractivity contribution < 1.29 is 14.4 Å². The molecule has 0 bridgehead atoms. The topological polar surface area (TPSA) is 92.0 Å². The van der Waals surface area contributed by atoms with E-state index in [0.29, 0.717) is 48.3 Å². The zero-order valence-corrected chi connectivity index (χ0v) is 28.4. The van der Waals surface area contributed by atoms with Gasteiger partial charge in [-0.25, -0.2) is 4.79 Å². The van der Waals surface area contributed by atoms with E-state index in [2.05, 4.69) is 15.2 Å². The van der Waals surface area contributed by atoms with Gasteiger partial charge in [-0.15, -0.1) is 0 Å². The van der Waals surface area contributed by atoms with Gasteiger partial charge in [-0.05, 0) is 80.0 Å². The number of anilines is 1. The van der Waals surface area contributed by atoms with Crippen LogP contribution in [0.2, 0.25) is 10.0 Å². The van der Waals surface area contributed by atoms with Gasteiger partial charge in [0.1, 0.15) is 6.04 Å².